The number of esters is 2. The second-order valence-electron chi connectivity index (χ2n) is 30.5. The minimum atomic E-state index is -4.65. The fourth-order valence-corrected chi connectivity index (χ4v) is 13.4. The van der Waals surface area contributed by atoms with E-state index in [1.807, 2.05) is 21.1 Å². The number of likely N-dealkylation sites (N-methyl/N-ethyl adjacent to an activating group) is 1. The summed E-state index contributed by atoms with van der Waals surface area (Å²) in [5.41, 5.74) is 0. The van der Waals surface area contributed by atoms with Crippen LogP contribution in [-0.4, -0.2) is 70.0 Å². The number of quaternary nitrogens is 1. The zero-order valence-corrected chi connectivity index (χ0v) is 68.7. The van der Waals surface area contributed by atoms with Gasteiger partial charge in [0, 0.05) is 12.8 Å². The highest BCUT2D eigenvalue weighted by molar-refractivity contribution is 7.45. The molecular weight excluding hydrogens is 1280 g/mol. The van der Waals surface area contributed by atoms with Crippen LogP contribution in [0.5, 0.6) is 0 Å². The lowest BCUT2D eigenvalue weighted by atomic mass is 10.0. The number of nitrogens with zero attached hydrogens (tertiary/aromatic N) is 1. The first-order valence-corrected chi connectivity index (χ1v) is 45.1. The fraction of sp³-hybridized carbons (Fsp3) is 0.783. The van der Waals surface area contributed by atoms with Gasteiger partial charge in [-0.3, -0.25) is 14.2 Å². The normalized spacial score (nSPS) is 13.5. The van der Waals surface area contributed by atoms with Crippen molar-refractivity contribution >= 4 is 19.8 Å². The van der Waals surface area contributed by atoms with E-state index in [9.17, 15) is 19.0 Å². The van der Waals surface area contributed by atoms with E-state index in [-0.39, 0.29) is 32.0 Å². The minimum Gasteiger partial charge on any atom is -0.756 e. The van der Waals surface area contributed by atoms with E-state index in [1.54, 1.807) is 0 Å². The molecule has 0 N–H and O–H groups in total. The van der Waals surface area contributed by atoms with Gasteiger partial charge >= 0.3 is 11.9 Å². The van der Waals surface area contributed by atoms with Crippen LogP contribution in [0.4, 0.5) is 0 Å². The number of ether oxygens (including phenoxy) is 2. The van der Waals surface area contributed by atoms with Gasteiger partial charge in [-0.25, -0.2) is 0 Å². The molecule has 0 aliphatic rings. The maximum absolute atomic E-state index is 12.9. The van der Waals surface area contributed by atoms with Crippen molar-refractivity contribution in [1.82, 2.24) is 0 Å². The first kappa shape index (κ1) is 98.7. The Morgan fingerprint density at radius 2 is 0.559 bits per heavy atom. The smallest absolute Gasteiger partial charge is 0.306 e. The maximum Gasteiger partial charge on any atom is 0.306 e. The third kappa shape index (κ3) is 85.6. The van der Waals surface area contributed by atoms with Crippen LogP contribution in [0.1, 0.15) is 412 Å². The van der Waals surface area contributed by atoms with Crippen molar-refractivity contribution in [2.75, 3.05) is 47.5 Å². The first-order valence-electron chi connectivity index (χ1n) is 43.6. The predicted octanol–water partition coefficient (Wildman–Crippen LogP) is 28.9. The standard InChI is InChI=1S/C92H166NO8P/c1-6-8-10-12-14-16-18-20-22-24-26-28-30-32-34-36-38-40-42-44-45-46-47-49-51-53-55-57-59-61-63-65-67-69-71-73-75-77-79-81-83-85-92(95)101-90(89-100-102(96,97)99-87-86-93(3,4)5)88-98-91(94)84-82-80-78-76-74-72-70-68-66-64-62-60-58-56-54-52-50-48-43-41-39-37-35-33-31-29-27-25-23-21-19-17-15-13-11-9-7-2/h8,10,14,16,20,22,25-28,32,34,38,40,44-45,47,49,90H,6-7,9,11-13,15,17-19,21,23-24,29-31,33,35-37,39,41-43,46,48,50-89H2,1-5H3/b10-8-,16-14-,22-20-,27-25-,28-26-,34-32-,40-38-,45-44-,49-47-. The number of hydrogen-bond acceptors (Lipinski definition) is 8. The van der Waals surface area contributed by atoms with Crippen molar-refractivity contribution in [3.63, 3.8) is 0 Å². The number of phosphoric ester groups is 1. The number of hydrogen-bond donors (Lipinski definition) is 0. The molecule has 0 amide bonds. The van der Waals surface area contributed by atoms with Crippen molar-refractivity contribution in [3.05, 3.63) is 109 Å². The number of carbonyl (C=O) groups is 2. The first-order chi connectivity index (χ1) is 50.0. The zero-order chi connectivity index (χ0) is 74.0. The summed E-state index contributed by atoms with van der Waals surface area (Å²) in [4.78, 5) is 38.3. The molecule has 10 heteroatoms. The maximum atomic E-state index is 12.9. The Labute approximate surface area is 633 Å². The van der Waals surface area contributed by atoms with Crippen molar-refractivity contribution in [1.29, 1.82) is 0 Å². The molecule has 102 heavy (non-hydrogen) atoms. The highest BCUT2D eigenvalue weighted by Gasteiger charge is 2.22. The Morgan fingerprint density at radius 1 is 0.314 bits per heavy atom. The number of allylic oxidation sites excluding steroid dienone is 18. The number of carbonyl (C=O) groups excluding carboxylic acids is 2. The van der Waals surface area contributed by atoms with Gasteiger partial charge in [-0.15, -0.1) is 0 Å². The molecule has 2 unspecified atom stereocenters. The summed E-state index contributed by atoms with van der Waals surface area (Å²) >= 11 is 0. The van der Waals surface area contributed by atoms with Crippen LogP contribution in [0.3, 0.4) is 0 Å². The van der Waals surface area contributed by atoms with E-state index in [2.05, 4.69) is 123 Å². The molecule has 0 saturated carbocycles. The minimum absolute atomic E-state index is 0.0314. The van der Waals surface area contributed by atoms with Crippen LogP contribution >= 0.6 is 7.82 Å². The topological polar surface area (TPSA) is 111 Å². The van der Waals surface area contributed by atoms with Crippen molar-refractivity contribution in [2.24, 2.45) is 0 Å². The van der Waals surface area contributed by atoms with Crippen LogP contribution in [0.2, 0.25) is 0 Å². The lowest BCUT2D eigenvalue weighted by molar-refractivity contribution is -0.870. The van der Waals surface area contributed by atoms with E-state index in [0.717, 1.165) is 89.9 Å². The molecule has 0 fully saturated rings. The Kier molecular flexibility index (Phi) is 79.1. The van der Waals surface area contributed by atoms with Gasteiger partial charge in [0.25, 0.3) is 7.82 Å². The molecule has 0 aromatic rings. The van der Waals surface area contributed by atoms with Gasteiger partial charge in [-0.1, -0.05) is 406 Å². The van der Waals surface area contributed by atoms with Crippen molar-refractivity contribution < 1.29 is 42.1 Å². The quantitative estimate of drug-likeness (QED) is 0.0195. The zero-order valence-electron chi connectivity index (χ0n) is 67.8. The molecule has 0 aromatic carbocycles. The third-order valence-electron chi connectivity index (χ3n) is 19.3. The van der Waals surface area contributed by atoms with Crippen LogP contribution in [0.15, 0.2) is 109 Å². The lowest BCUT2D eigenvalue weighted by Gasteiger charge is -2.28. The Morgan fingerprint density at radius 3 is 0.843 bits per heavy atom. The summed E-state index contributed by atoms with van der Waals surface area (Å²) in [6.07, 6.45) is 117. The van der Waals surface area contributed by atoms with Gasteiger partial charge in [-0.2, -0.15) is 0 Å². The Hall–Kier alpha value is -3.33. The van der Waals surface area contributed by atoms with Gasteiger partial charge < -0.3 is 27.9 Å². The molecule has 2 atom stereocenters. The molecule has 0 aliphatic heterocycles. The van der Waals surface area contributed by atoms with Crippen LogP contribution in [-0.2, 0) is 32.7 Å². The number of unbranched alkanes of at least 4 members (excludes halogenated alkanes) is 49. The van der Waals surface area contributed by atoms with Gasteiger partial charge in [0.2, 0.25) is 0 Å². The van der Waals surface area contributed by atoms with Gasteiger partial charge in [0.1, 0.15) is 19.8 Å². The van der Waals surface area contributed by atoms with Crippen LogP contribution in [0.25, 0.3) is 0 Å². The summed E-state index contributed by atoms with van der Waals surface area (Å²) in [6.45, 7) is 4.18. The van der Waals surface area contributed by atoms with Gasteiger partial charge in [-0.05, 0) is 103 Å². The Bertz CT molecular complexity index is 2100. The third-order valence-corrected chi connectivity index (χ3v) is 20.2. The summed E-state index contributed by atoms with van der Waals surface area (Å²) in [6, 6.07) is 0. The van der Waals surface area contributed by atoms with Crippen molar-refractivity contribution in [2.45, 2.75) is 418 Å². The molecule has 592 valence electrons. The Balaban J connectivity index is 3.91. The van der Waals surface area contributed by atoms with E-state index < -0.39 is 26.5 Å². The molecule has 0 heterocycles. The molecule has 0 aliphatic carbocycles. The monoisotopic (exact) mass is 1440 g/mol. The predicted molar refractivity (Wildman–Crippen MR) is 443 cm³/mol. The van der Waals surface area contributed by atoms with Crippen LogP contribution in [0, 0.1) is 0 Å². The molecule has 0 spiro atoms. The summed E-state index contributed by atoms with van der Waals surface area (Å²) in [5, 5.41) is 0. The SMILES string of the molecule is CC/C=C\C/C=C\C/C=C\C/C=C\C/C=C\C/C=C\C/C=C\C/C=C\CCCCCCCCCCCCCCCCCCC(=O)OC(COC(=O)CCCCCCCCCCCCCCCCCCCCCCCCCCC/C=C\CCCCCCCCCC)COP(=O)([O-])OCC[N+](C)(C)C. The summed E-state index contributed by atoms with van der Waals surface area (Å²) < 4.78 is 34.5. The number of rotatable bonds is 81. The van der Waals surface area contributed by atoms with E-state index >= 15 is 0 Å². The highest BCUT2D eigenvalue weighted by Crippen LogP contribution is 2.38. The average molecular weight is 1450 g/mol. The molecule has 0 bridgehead atoms. The van der Waals surface area contributed by atoms with E-state index in [4.69, 9.17) is 18.5 Å². The molecular formula is C92H166NO8P. The molecule has 0 rings (SSSR count). The molecule has 0 radical (unpaired) electrons. The molecule has 0 aromatic heterocycles. The van der Waals surface area contributed by atoms with E-state index in [1.165, 1.54) is 289 Å². The second kappa shape index (κ2) is 81.7. The molecule has 0 saturated heterocycles. The molecule has 9 nitrogen and oxygen atoms in total. The summed E-state index contributed by atoms with van der Waals surface area (Å²) in [5.74, 6) is -0.816. The van der Waals surface area contributed by atoms with Gasteiger partial charge in [0.05, 0.1) is 27.7 Å². The lowest BCUT2D eigenvalue weighted by Crippen LogP contribution is -2.37. The fourth-order valence-electron chi connectivity index (χ4n) is 12.7. The number of phosphoric acid groups is 1. The van der Waals surface area contributed by atoms with Crippen molar-refractivity contribution in [3.8, 4) is 0 Å². The average Bonchev–Trinajstić information content (AvgIpc) is 0.916. The highest BCUT2D eigenvalue weighted by atomic mass is 31.2. The summed E-state index contributed by atoms with van der Waals surface area (Å²) in [7, 11) is 1.18. The second-order valence-corrected chi connectivity index (χ2v) is 31.9. The van der Waals surface area contributed by atoms with Crippen LogP contribution < -0.4 is 4.89 Å². The van der Waals surface area contributed by atoms with Gasteiger partial charge in [0.15, 0.2) is 6.10 Å². The largest absolute Gasteiger partial charge is 0.756 e. The van der Waals surface area contributed by atoms with E-state index in [0.29, 0.717) is 17.4 Å².